The minimum absolute atomic E-state index is 0.0239. The maximum absolute atomic E-state index is 12.5. The Morgan fingerprint density at radius 2 is 1.86 bits per heavy atom. The zero-order valence-electron chi connectivity index (χ0n) is 20.1. The quantitative estimate of drug-likeness (QED) is 0.398. The van der Waals surface area contributed by atoms with Gasteiger partial charge in [-0.1, -0.05) is 24.3 Å². The van der Waals surface area contributed by atoms with Crippen molar-refractivity contribution in [2.24, 2.45) is 0 Å². The van der Waals surface area contributed by atoms with Crippen molar-refractivity contribution in [3.05, 3.63) is 72.2 Å². The van der Waals surface area contributed by atoms with Gasteiger partial charge in [0, 0.05) is 41.7 Å². The van der Waals surface area contributed by atoms with Gasteiger partial charge in [0.1, 0.15) is 11.6 Å². The number of benzene rings is 2. The van der Waals surface area contributed by atoms with Crippen molar-refractivity contribution in [3.8, 4) is 28.3 Å². The molecule has 0 radical (unpaired) electrons. The first-order valence-corrected chi connectivity index (χ1v) is 12.2. The van der Waals surface area contributed by atoms with E-state index in [1.54, 1.807) is 11.1 Å². The minimum Gasteiger partial charge on any atom is -0.484 e. The number of nitrogens with one attached hydrogen (secondary N) is 2. The van der Waals surface area contributed by atoms with Crippen molar-refractivity contribution in [1.29, 1.82) is 0 Å². The number of H-pyrrole nitrogens is 1. The average molecular weight is 499 g/mol. The molecule has 0 spiro atoms. The van der Waals surface area contributed by atoms with Crippen LogP contribution in [0.25, 0.3) is 22.5 Å². The molecule has 10 heteroatoms. The second-order valence-electron chi connectivity index (χ2n) is 8.81. The Morgan fingerprint density at radius 1 is 1.00 bits per heavy atom. The van der Waals surface area contributed by atoms with Crippen LogP contribution in [0.5, 0.6) is 5.75 Å². The number of fused-ring (bicyclic) bond motifs is 1. The third-order valence-electron chi connectivity index (χ3n) is 6.38. The van der Waals surface area contributed by atoms with Crippen LogP contribution in [0.3, 0.4) is 0 Å². The second kappa shape index (κ2) is 10.4. The van der Waals surface area contributed by atoms with Crippen molar-refractivity contribution in [1.82, 2.24) is 25.1 Å². The lowest BCUT2D eigenvalue weighted by Gasteiger charge is -2.26. The van der Waals surface area contributed by atoms with Crippen LogP contribution in [0, 0.1) is 0 Å². The summed E-state index contributed by atoms with van der Waals surface area (Å²) in [5.41, 5.74) is 5.61. The van der Waals surface area contributed by atoms with Gasteiger partial charge >= 0.3 is 0 Å². The molecule has 2 aromatic heterocycles. The summed E-state index contributed by atoms with van der Waals surface area (Å²) in [5.74, 6) is 1.81. The Bertz CT molecular complexity index is 1380. The molecule has 0 saturated carbocycles. The predicted molar refractivity (Wildman–Crippen MR) is 136 cm³/mol. The molecule has 1 fully saturated rings. The van der Waals surface area contributed by atoms with Crippen molar-refractivity contribution < 1.29 is 19.0 Å². The fourth-order valence-electron chi connectivity index (χ4n) is 4.35. The Balaban J connectivity index is 1.21. The first-order valence-electron chi connectivity index (χ1n) is 12.2. The lowest BCUT2D eigenvalue weighted by Crippen LogP contribution is -2.42. The number of rotatable bonds is 7. The van der Waals surface area contributed by atoms with Gasteiger partial charge in [-0.3, -0.25) is 9.89 Å². The van der Waals surface area contributed by atoms with Gasteiger partial charge in [-0.2, -0.15) is 5.10 Å². The number of morpholine rings is 1. The smallest absolute Gasteiger partial charge is 0.260 e. The van der Waals surface area contributed by atoms with Crippen molar-refractivity contribution in [2.75, 3.05) is 38.2 Å². The first kappa shape index (κ1) is 23.1. The Morgan fingerprint density at radius 3 is 2.68 bits per heavy atom. The number of anilines is 2. The van der Waals surface area contributed by atoms with Crippen LogP contribution >= 0.6 is 0 Å². The number of aromatic amines is 1. The molecule has 4 aromatic rings. The highest BCUT2D eigenvalue weighted by Gasteiger charge is 2.21. The van der Waals surface area contributed by atoms with E-state index in [1.807, 2.05) is 54.7 Å². The van der Waals surface area contributed by atoms with Crippen LogP contribution in [0.4, 0.5) is 11.5 Å². The molecule has 188 valence electrons. The Kier molecular flexibility index (Phi) is 6.49. The van der Waals surface area contributed by atoms with E-state index in [-0.39, 0.29) is 12.5 Å². The highest BCUT2D eigenvalue weighted by molar-refractivity contribution is 5.78. The highest BCUT2D eigenvalue weighted by atomic mass is 16.5. The number of aromatic nitrogens is 4. The second-order valence-corrected chi connectivity index (χ2v) is 8.81. The molecule has 6 rings (SSSR count). The minimum atomic E-state index is -0.0510. The molecule has 0 aliphatic carbocycles. The number of carbonyl (C=O) groups is 1. The van der Waals surface area contributed by atoms with Gasteiger partial charge in [0.2, 0.25) is 0 Å². The number of carbonyl (C=O) groups excluding carboxylic acids is 1. The molecule has 2 aliphatic rings. The van der Waals surface area contributed by atoms with E-state index in [2.05, 4.69) is 15.5 Å². The van der Waals surface area contributed by atoms with E-state index >= 15 is 0 Å². The van der Waals surface area contributed by atoms with Gasteiger partial charge < -0.3 is 24.4 Å². The largest absolute Gasteiger partial charge is 0.484 e. The summed E-state index contributed by atoms with van der Waals surface area (Å²) < 4.78 is 16.8. The molecule has 0 bridgehead atoms. The predicted octanol–water partition coefficient (Wildman–Crippen LogP) is 3.55. The van der Waals surface area contributed by atoms with E-state index in [1.165, 1.54) is 0 Å². The fraction of sp³-hybridized carbons (Fsp3) is 0.259. The Labute approximate surface area is 213 Å². The maximum Gasteiger partial charge on any atom is 0.260 e. The van der Waals surface area contributed by atoms with Gasteiger partial charge in [-0.25, -0.2) is 9.97 Å². The molecular weight excluding hydrogens is 472 g/mol. The molecule has 0 unspecified atom stereocenters. The van der Waals surface area contributed by atoms with E-state index in [0.717, 1.165) is 33.6 Å². The van der Waals surface area contributed by atoms with Crippen LogP contribution in [-0.2, 0) is 27.5 Å². The molecule has 0 atom stereocenters. The van der Waals surface area contributed by atoms with Gasteiger partial charge in [0.05, 0.1) is 38.3 Å². The molecule has 10 nitrogen and oxygen atoms in total. The molecule has 1 amide bonds. The maximum atomic E-state index is 12.5. The summed E-state index contributed by atoms with van der Waals surface area (Å²) >= 11 is 0. The third kappa shape index (κ3) is 5.16. The summed E-state index contributed by atoms with van der Waals surface area (Å²) in [6.45, 7) is 3.17. The monoisotopic (exact) mass is 498 g/mol. The summed E-state index contributed by atoms with van der Waals surface area (Å²) in [6.07, 6.45) is 3.65. The van der Waals surface area contributed by atoms with Crippen molar-refractivity contribution in [3.63, 3.8) is 0 Å². The molecular formula is C27H26N6O4. The van der Waals surface area contributed by atoms with Crippen LogP contribution < -0.4 is 10.1 Å². The molecule has 2 aromatic carbocycles. The molecule has 4 heterocycles. The number of nitrogens with zero attached hydrogens (tertiary/aromatic N) is 4. The van der Waals surface area contributed by atoms with Crippen molar-refractivity contribution >= 4 is 17.4 Å². The SMILES string of the molecule is O=C(COc1cccc(-c2nc3c(c(Nc4ccc(-c5cn[nH]c5)cc4)n2)COC3)c1)N1CCOCC1. The zero-order chi connectivity index (χ0) is 25.0. The molecule has 37 heavy (non-hydrogen) atoms. The van der Waals surface area contributed by atoms with Gasteiger partial charge in [0.25, 0.3) is 5.91 Å². The topological polar surface area (TPSA) is 114 Å². The Hall–Kier alpha value is -4.28. The normalized spacial score (nSPS) is 14.9. The number of hydrogen-bond donors (Lipinski definition) is 2. The standard InChI is InChI=1S/C27H26N6O4/c34-25(33-8-10-35-11-9-33)17-37-22-3-1-2-19(12-22)26-31-24-16-36-15-23(24)27(32-26)30-21-6-4-18(5-7-21)20-13-28-29-14-20/h1-7,12-14H,8-11,15-17H2,(H,28,29)(H,30,31,32). The van der Waals surface area contributed by atoms with Crippen LogP contribution in [0.2, 0.25) is 0 Å². The molecule has 2 N–H and O–H groups in total. The summed E-state index contributed by atoms with van der Waals surface area (Å²) in [4.78, 5) is 23.8. The van der Waals surface area contributed by atoms with Crippen molar-refractivity contribution in [2.45, 2.75) is 13.2 Å². The first-order chi connectivity index (χ1) is 18.2. The number of amides is 1. The summed E-state index contributed by atoms with van der Waals surface area (Å²) in [5, 5.41) is 10.3. The van der Waals surface area contributed by atoms with Crippen LogP contribution in [0.15, 0.2) is 60.9 Å². The van der Waals surface area contributed by atoms with Gasteiger partial charge in [0.15, 0.2) is 12.4 Å². The van der Waals surface area contributed by atoms with Crippen LogP contribution in [0.1, 0.15) is 11.3 Å². The highest BCUT2D eigenvalue weighted by Crippen LogP contribution is 2.31. The van der Waals surface area contributed by atoms with E-state index in [4.69, 9.17) is 24.2 Å². The third-order valence-corrected chi connectivity index (χ3v) is 6.38. The van der Waals surface area contributed by atoms with E-state index in [0.29, 0.717) is 56.9 Å². The van der Waals surface area contributed by atoms with Gasteiger partial charge in [-0.15, -0.1) is 0 Å². The summed E-state index contributed by atoms with van der Waals surface area (Å²) in [7, 11) is 0. The van der Waals surface area contributed by atoms with E-state index in [9.17, 15) is 4.79 Å². The molecule has 1 saturated heterocycles. The average Bonchev–Trinajstić information content (AvgIpc) is 3.66. The van der Waals surface area contributed by atoms with Crippen LogP contribution in [-0.4, -0.2) is 63.9 Å². The van der Waals surface area contributed by atoms with E-state index < -0.39 is 0 Å². The zero-order valence-corrected chi connectivity index (χ0v) is 20.1. The molecule has 2 aliphatic heterocycles. The fourth-order valence-corrected chi connectivity index (χ4v) is 4.35. The lowest BCUT2D eigenvalue weighted by molar-refractivity contribution is -0.137. The summed E-state index contributed by atoms with van der Waals surface area (Å²) in [6, 6.07) is 15.6. The lowest BCUT2D eigenvalue weighted by atomic mass is 10.1. The van der Waals surface area contributed by atoms with Gasteiger partial charge in [-0.05, 0) is 29.8 Å². The number of ether oxygens (including phenoxy) is 3. The number of hydrogen-bond acceptors (Lipinski definition) is 8.